The Morgan fingerprint density at radius 2 is 2.24 bits per heavy atom. The van der Waals surface area contributed by atoms with Gasteiger partial charge in [-0.25, -0.2) is 0 Å². The second-order valence-corrected chi connectivity index (χ2v) is 5.25. The SMILES string of the molecule is CCOC(=O)CN(CC(=O)NC(C)c1ccco1)C1CC1. The molecule has 2 rings (SSSR count). The third-order valence-electron chi connectivity index (χ3n) is 3.39. The summed E-state index contributed by atoms with van der Waals surface area (Å²) in [5.74, 6) is 0.318. The summed E-state index contributed by atoms with van der Waals surface area (Å²) in [6.45, 7) is 4.37. The van der Waals surface area contributed by atoms with Crippen molar-refractivity contribution in [1.82, 2.24) is 10.2 Å². The Morgan fingerprint density at radius 1 is 1.48 bits per heavy atom. The van der Waals surface area contributed by atoms with E-state index >= 15 is 0 Å². The molecule has 1 aliphatic carbocycles. The number of rotatable bonds is 8. The van der Waals surface area contributed by atoms with Gasteiger partial charge in [-0.1, -0.05) is 0 Å². The van der Waals surface area contributed by atoms with E-state index in [0.29, 0.717) is 18.4 Å². The summed E-state index contributed by atoms with van der Waals surface area (Å²) in [6, 6.07) is 3.74. The van der Waals surface area contributed by atoms with Crippen molar-refractivity contribution in [1.29, 1.82) is 0 Å². The molecule has 1 unspecified atom stereocenters. The summed E-state index contributed by atoms with van der Waals surface area (Å²) in [5, 5.41) is 2.87. The molecule has 1 aromatic heterocycles. The molecular formula is C15H22N2O4. The highest BCUT2D eigenvalue weighted by Crippen LogP contribution is 2.26. The van der Waals surface area contributed by atoms with Gasteiger partial charge >= 0.3 is 5.97 Å². The maximum atomic E-state index is 12.1. The second-order valence-electron chi connectivity index (χ2n) is 5.25. The van der Waals surface area contributed by atoms with Crippen LogP contribution in [0.25, 0.3) is 0 Å². The lowest BCUT2D eigenvalue weighted by Gasteiger charge is -2.21. The summed E-state index contributed by atoms with van der Waals surface area (Å²) >= 11 is 0. The van der Waals surface area contributed by atoms with E-state index in [-0.39, 0.29) is 31.0 Å². The van der Waals surface area contributed by atoms with E-state index in [1.807, 2.05) is 17.9 Å². The van der Waals surface area contributed by atoms with Gasteiger partial charge in [0.1, 0.15) is 5.76 Å². The molecule has 0 spiro atoms. The van der Waals surface area contributed by atoms with Gasteiger partial charge in [-0.3, -0.25) is 14.5 Å². The molecule has 1 N–H and O–H groups in total. The van der Waals surface area contributed by atoms with Gasteiger partial charge in [0.15, 0.2) is 0 Å². The van der Waals surface area contributed by atoms with Crippen LogP contribution in [0.2, 0.25) is 0 Å². The van der Waals surface area contributed by atoms with Crippen LogP contribution in [0, 0.1) is 0 Å². The average molecular weight is 294 g/mol. The number of nitrogens with one attached hydrogen (secondary N) is 1. The van der Waals surface area contributed by atoms with Gasteiger partial charge in [-0.05, 0) is 38.8 Å². The summed E-state index contributed by atoms with van der Waals surface area (Å²) in [7, 11) is 0. The van der Waals surface area contributed by atoms with Crippen LogP contribution in [-0.2, 0) is 14.3 Å². The molecule has 1 aliphatic rings. The lowest BCUT2D eigenvalue weighted by atomic mass is 10.2. The Hall–Kier alpha value is -1.82. The molecule has 1 heterocycles. The summed E-state index contributed by atoms with van der Waals surface area (Å²) < 4.78 is 10.2. The first-order chi connectivity index (χ1) is 10.1. The quantitative estimate of drug-likeness (QED) is 0.735. The van der Waals surface area contributed by atoms with Crippen molar-refractivity contribution in [2.45, 2.75) is 38.8 Å². The first-order valence-corrected chi connectivity index (χ1v) is 7.32. The first kappa shape index (κ1) is 15.6. The lowest BCUT2D eigenvalue weighted by Crippen LogP contribution is -2.42. The fourth-order valence-electron chi connectivity index (χ4n) is 2.21. The number of hydrogen-bond acceptors (Lipinski definition) is 5. The van der Waals surface area contributed by atoms with E-state index in [1.165, 1.54) is 0 Å². The Labute approximate surface area is 124 Å². The van der Waals surface area contributed by atoms with Gasteiger partial charge in [-0.15, -0.1) is 0 Å². The van der Waals surface area contributed by atoms with Gasteiger partial charge < -0.3 is 14.5 Å². The van der Waals surface area contributed by atoms with Crippen molar-refractivity contribution >= 4 is 11.9 Å². The third-order valence-corrected chi connectivity index (χ3v) is 3.39. The second kappa shape index (κ2) is 7.26. The van der Waals surface area contributed by atoms with E-state index in [9.17, 15) is 9.59 Å². The molecule has 6 nitrogen and oxygen atoms in total. The van der Waals surface area contributed by atoms with E-state index in [1.54, 1.807) is 19.3 Å². The first-order valence-electron chi connectivity index (χ1n) is 7.32. The number of nitrogens with zero attached hydrogens (tertiary/aromatic N) is 1. The average Bonchev–Trinajstić information content (AvgIpc) is 3.12. The van der Waals surface area contributed by atoms with Crippen molar-refractivity contribution in [3.8, 4) is 0 Å². The minimum atomic E-state index is -0.281. The van der Waals surface area contributed by atoms with E-state index in [2.05, 4.69) is 5.32 Å². The Morgan fingerprint density at radius 3 is 2.81 bits per heavy atom. The molecule has 0 bridgehead atoms. The van der Waals surface area contributed by atoms with Crippen molar-refractivity contribution in [3.63, 3.8) is 0 Å². The molecule has 116 valence electrons. The predicted molar refractivity (Wildman–Crippen MR) is 76.5 cm³/mol. The van der Waals surface area contributed by atoms with Gasteiger partial charge in [0.2, 0.25) is 5.91 Å². The van der Waals surface area contributed by atoms with Gasteiger partial charge in [0.05, 0.1) is 32.0 Å². The predicted octanol–water partition coefficient (Wildman–Crippen LogP) is 1.48. The highest BCUT2D eigenvalue weighted by Gasteiger charge is 2.32. The molecule has 1 atom stereocenters. The summed E-state index contributed by atoms with van der Waals surface area (Å²) in [4.78, 5) is 25.5. The number of hydrogen-bond donors (Lipinski definition) is 1. The zero-order valence-electron chi connectivity index (χ0n) is 12.5. The van der Waals surface area contributed by atoms with E-state index < -0.39 is 0 Å². The van der Waals surface area contributed by atoms with Gasteiger partial charge in [0.25, 0.3) is 0 Å². The molecule has 0 aliphatic heterocycles. The lowest BCUT2D eigenvalue weighted by molar-refractivity contribution is -0.144. The smallest absolute Gasteiger partial charge is 0.320 e. The normalized spacial score (nSPS) is 15.8. The molecular weight excluding hydrogens is 272 g/mol. The number of amides is 1. The Bertz CT molecular complexity index is 468. The number of furan rings is 1. The molecule has 1 fully saturated rings. The molecule has 0 radical (unpaired) electrons. The molecule has 0 aromatic carbocycles. The molecule has 21 heavy (non-hydrogen) atoms. The standard InChI is InChI=1S/C15H22N2O4/c1-3-20-15(19)10-17(12-6-7-12)9-14(18)16-11(2)13-5-4-8-21-13/h4-5,8,11-12H,3,6-7,9-10H2,1-2H3,(H,16,18). The maximum Gasteiger partial charge on any atom is 0.320 e. The molecule has 1 amide bonds. The maximum absolute atomic E-state index is 12.1. The zero-order valence-corrected chi connectivity index (χ0v) is 12.5. The largest absolute Gasteiger partial charge is 0.467 e. The van der Waals surface area contributed by atoms with Crippen LogP contribution >= 0.6 is 0 Å². The molecule has 6 heteroatoms. The highest BCUT2D eigenvalue weighted by molar-refractivity contribution is 5.79. The van der Waals surface area contributed by atoms with Crippen LogP contribution < -0.4 is 5.32 Å². The van der Waals surface area contributed by atoms with E-state index in [0.717, 1.165) is 12.8 Å². The number of carbonyl (C=O) groups excluding carboxylic acids is 2. The van der Waals surface area contributed by atoms with Crippen LogP contribution in [0.1, 0.15) is 38.5 Å². The van der Waals surface area contributed by atoms with Crippen molar-refractivity contribution in [2.75, 3.05) is 19.7 Å². The fraction of sp³-hybridized carbons (Fsp3) is 0.600. The van der Waals surface area contributed by atoms with E-state index in [4.69, 9.17) is 9.15 Å². The minimum absolute atomic E-state index is 0.116. The Kier molecular flexibility index (Phi) is 5.38. The summed E-state index contributed by atoms with van der Waals surface area (Å²) in [6.07, 6.45) is 3.64. The zero-order chi connectivity index (χ0) is 15.2. The van der Waals surface area contributed by atoms with Crippen LogP contribution in [0.5, 0.6) is 0 Å². The highest BCUT2D eigenvalue weighted by atomic mass is 16.5. The molecule has 1 saturated carbocycles. The third kappa shape index (κ3) is 4.90. The van der Waals surface area contributed by atoms with Crippen molar-refractivity contribution in [2.24, 2.45) is 0 Å². The van der Waals surface area contributed by atoms with Crippen molar-refractivity contribution < 1.29 is 18.7 Å². The van der Waals surface area contributed by atoms with Crippen molar-refractivity contribution in [3.05, 3.63) is 24.2 Å². The molecule has 0 saturated heterocycles. The minimum Gasteiger partial charge on any atom is -0.467 e. The van der Waals surface area contributed by atoms with Gasteiger partial charge in [-0.2, -0.15) is 0 Å². The summed E-state index contributed by atoms with van der Waals surface area (Å²) in [5.41, 5.74) is 0. The number of ether oxygens (including phenoxy) is 1. The monoisotopic (exact) mass is 294 g/mol. The van der Waals surface area contributed by atoms with Crippen LogP contribution in [0.4, 0.5) is 0 Å². The fourth-order valence-corrected chi connectivity index (χ4v) is 2.21. The Balaban J connectivity index is 1.82. The van der Waals surface area contributed by atoms with Crippen LogP contribution in [-0.4, -0.2) is 42.5 Å². The van der Waals surface area contributed by atoms with Gasteiger partial charge in [0, 0.05) is 6.04 Å². The number of carbonyl (C=O) groups is 2. The topological polar surface area (TPSA) is 71.8 Å². The number of esters is 1. The molecule has 1 aromatic rings. The van der Waals surface area contributed by atoms with Crippen LogP contribution in [0.3, 0.4) is 0 Å². The van der Waals surface area contributed by atoms with Crippen LogP contribution in [0.15, 0.2) is 22.8 Å².